The van der Waals surface area contributed by atoms with Crippen LogP contribution in [0.5, 0.6) is 0 Å². The second-order valence-electron chi connectivity index (χ2n) is 19.0. The first-order chi connectivity index (χ1) is 40.5. The number of thiol groups is 2. The summed E-state index contributed by atoms with van der Waals surface area (Å²) in [6, 6.07) is 107. The van der Waals surface area contributed by atoms with Crippen LogP contribution in [0.15, 0.2) is 347 Å². The monoisotopic (exact) mass is 1100 g/mol. The van der Waals surface area contributed by atoms with Crippen molar-refractivity contribution in [2.45, 2.75) is 13.8 Å². The molecule has 82 heavy (non-hydrogen) atoms. The highest BCUT2D eigenvalue weighted by Crippen LogP contribution is 2.39. The van der Waals surface area contributed by atoms with Gasteiger partial charge in [0.25, 0.3) is 0 Å². The minimum atomic E-state index is 1.05. The van der Waals surface area contributed by atoms with E-state index in [0.717, 1.165) is 28.4 Å². The van der Waals surface area contributed by atoms with E-state index in [1.165, 1.54) is 77.2 Å². The van der Waals surface area contributed by atoms with Gasteiger partial charge < -0.3 is 10.2 Å². The van der Waals surface area contributed by atoms with Gasteiger partial charge in [0.05, 0.1) is 0 Å². The highest BCUT2D eigenvalue weighted by atomic mass is 33.1. The Morgan fingerprint density at radius 2 is 0.768 bits per heavy atom. The lowest BCUT2D eigenvalue weighted by molar-refractivity contribution is 1.28. The minimum Gasteiger partial charge on any atom is -0.355 e. The summed E-state index contributed by atoms with van der Waals surface area (Å²) in [6.45, 7) is 11.0. The van der Waals surface area contributed by atoms with Gasteiger partial charge in [0, 0.05) is 33.8 Å². The second kappa shape index (κ2) is 31.3. The van der Waals surface area contributed by atoms with Gasteiger partial charge in [-0.2, -0.15) is 0 Å². The molecular weight excluding hydrogens is 1030 g/mol. The van der Waals surface area contributed by atoms with Crippen molar-refractivity contribution in [2.24, 2.45) is 0 Å². The SMILES string of the molecule is C=C/C=C(\C=C/C)c1ccccc1.C=CC.SS.c1ccc(-c2ccc(N(c3ccc(-c4ccc(Nc5ccc(-c6ccccc6)c6ccccc56)cc4)cc3)c3ccc(-c4ccc5ccccc5c4)cc3)cc2)cc1.c1ccccc1. The van der Waals surface area contributed by atoms with Crippen LogP contribution in [-0.2, 0) is 0 Å². The molecule has 0 atom stereocenters. The number of rotatable bonds is 12. The molecule has 0 saturated carbocycles. The standard InChI is InChI=1S/C56H40N2.C13H14.C6H6.C3H6.H2S2/c1-3-11-40(12-4-1)43-23-31-50(32-24-43)58(52-35-27-45(28-36-52)48-20-19-41-13-7-8-16-47(41)39-48)51-33-25-44(26-34-51)42-21-29-49(30-22-42)57-56-38-37-53(46-14-5-2-6-15-46)54-17-9-10-18-55(54)56;1-3-8-12(9-4-2)13-10-6-5-7-11-13;1-2-4-6-5-3-1;1-3-2;1-2/h1-39,57H;3-11H,1H2,2H3;1-6H;3H,1H2,2H3;1-2H/b;9-4-,12-8+;;;. The van der Waals surface area contributed by atoms with Crippen molar-refractivity contribution in [3.63, 3.8) is 0 Å². The van der Waals surface area contributed by atoms with Crippen LogP contribution in [0.25, 0.3) is 71.6 Å². The van der Waals surface area contributed by atoms with E-state index in [1.807, 2.05) is 86.7 Å². The average Bonchev–Trinajstić information content (AvgIpc) is 3.59. The van der Waals surface area contributed by atoms with E-state index in [0.29, 0.717) is 0 Å². The van der Waals surface area contributed by atoms with Gasteiger partial charge in [0.2, 0.25) is 0 Å². The van der Waals surface area contributed by atoms with E-state index < -0.39 is 0 Å². The molecule has 0 saturated heterocycles. The maximum absolute atomic E-state index is 3.70. The van der Waals surface area contributed by atoms with Gasteiger partial charge in [-0.25, -0.2) is 0 Å². The molecule has 4 heteroatoms. The fourth-order valence-corrected chi connectivity index (χ4v) is 9.60. The zero-order chi connectivity index (χ0) is 57.1. The molecule has 0 aliphatic rings. The number of hydrogen-bond donors (Lipinski definition) is 3. The highest BCUT2D eigenvalue weighted by Gasteiger charge is 2.15. The molecule has 12 aromatic rings. The van der Waals surface area contributed by atoms with E-state index in [4.69, 9.17) is 0 Å². The number of nitrogens with zero attached hydrogens (tertiary/aromatic N) is 1. The Morgan fingerprint density at radius 1 is 0.378 bits per heavy atom. The molecule has 0 bridgehead atoms. The maximum atomic E-state index is 3.70. The van der Waals surface area contributed by atoms with Gasteiger partial charge in [-0.1, -0.05) is 280 Å². The van der Waals surface area contributed by atoms with Gasteiger partial charge in [0.1, 0.15) is 0 Å². The molecule has 0 aliphatic carbocycles. The van der Waals surface area contributed by atoms with Crippen LogP contribution in [-0.4, -0.2) is 0 Å². The number of benzene rings is 12. The van der Waals surface area contributed by atoms with Crippen LogP contribution < -0.4 is 10.2 Å². The summed E-state index contributed by atoms with van der Waals surface area (Å²) >= 11 is 6.44. The highest BCUT2D eigenvalue weighted by molar-refractivity contribution is 8.59. The van der Waals surface area contributed by atoms with Gasteiger partial charge in [0.15, 0.2) is 0 Å². The molecule has 12 aromatic carbocycles. The first kappa shape index (κ1) is 58.6. The molecule has 0 radical (unpaired) electrons. The van der Waals surface area contributed by atoms with Gasteiger partial charge in [-0.15, -0.1) is 29.9 Å². The summed E-state index contributed by atoms with van der Waals surface area (Å²) in [4.78, 5) is 2.34. The van der Waals surface area contributed by atoms with Crippen molar-refractivity contribution in [3.05, 3.63) is 352 Å². The number of anilines is 5. The van der Waals surface area contributed by atoms with E-state index in [9.17, 15) is 0 Å². The predicted molar refractivity (Wildman–Crippen MR) is 367 cm³/mol. The number of fused-ring (bicyclic) bond motifs is 2. The van der Waals surface area contributed by atoms with Crippen molar-refractivity contribution in [3.8, 4) is 44.5 Å². The Kier molecular flexibility index (Phi) is 22.3. The molecule has 0 aromatic heterocycles. The molecule has 12 rings (SSSR count). The first-order valence-electron chi connectivity index (χ1n) is 27.4. The fourth-order valence-electron chi connectivity index (χ4n) is 9.60. The molecular formula is C78H68N2S2. The van der Waals surface area contributed by atoms with E-state index in [-0.39, 0.29) is 0 Å². The van der Waals surface area contributed by atoms with Crippen LogP contribution in [0.1, 0.15) is 19.4 Å². The molecule has 0 fully saturated rings. The van der Waals surface area contributed by atoms with Crippen molar-refractivity contribution in [1.29, 1.82) is 0 Å². The van der Waals surface area contributed by atoms with Crippen LogP contribution in [0.2, 0.25) is 0 Å². The Morgan fingerprint density at radius 3 is 1.27 bits per heavy atom. The Bertz CT molecular complexity index is 3890. The van der Waals surface area contributed by atoms with Crippen molar-refractivity contribution < 1.29 is 0 Å². The van der Waals surface area contributed by atoms with E-state index >= 15 is 0 Å². The zero-order valence-corrected chi connectivity index (χ0v) is 48.3. The van der Waals surface area contributed by atoms with E-state index in [2.05, 4.69) is 301 Å². The van der Waals surface area contributed by atoms with Crippen molar-refractivity contribution >= 4 is 78.9 Å². The van der Waals surface area contributed by atoms with Crippen LogP contribution in [0.3, 0.4) is 0 Å². The molecule has 402 valence electrons. The van der Waals surface area contributed by atoms with Crippen molar-refractivity contribution in [1.82, 2.24) is 0 Å². The van der Waals surface area contributed by atoms with Gasteiger partial charge >= 0.3 is 0 Å². The van der Waals surface area contributed by atoms with Crippen LogP contribution in [0, 0.1) is 0 Å². The third-order valence-electron chi connectivity index (χ3n) is 13.5. The molecule has 0 unspecified atom stereocenters. The Balaban J connectivity index is 0.000000306. The quantitative estimate of drug-likeness (QED) is 0.0489. The summed E-state index contributed by atoms with van der Waals surface area (Å²) in [5.41, 5.74) is 17.5. The molecule has 0 amide bonds. The largest absolute Gasteiger partial charge is 0.355 e. The fraction of sp³-hybridized carbons (Fsp3) is 0.0256. The summed E-state index contributed by atoms with van der Waals surface area (Å²) in [5.74, 6) is 0. The molecule has 1 N–H and O–H groups in total. The maximum Gasteiger partial charge on any atom is 0.0464 e. The lowest BCUT2D eigenvalue weighted by atomic mass is 9.97. The Hall–Kier alpha value is -9.58. The number of allylic oxidation sites excluding steroid dienone is 6. The summed E-state index contributed by atoms with van der Waals surface area (Å²) in [6.07, 6.45) is 9.68. The van der Waals surface area contributed by atoms with Crippen LogP contribution in [0.4, 0.5) is 28.4 Å². The molecule has 0 spiro atoms. The number of hydrogen-bond acceptors (Lipinski definition) is 4. The van der Waals surface area contributed by atoms with E-state index in [1.54, 1.807) is 6.08 Å². The van der Waals surface area contributed by atoms with Crippen LogP contribution >= 0.6 is 23.3 Å². The summed E-state index contributed by atoms with van der Waals surface area (Å²) in [7, 11) is 0. The number of nitrogens with one attached hydrogen (secondary N) is 1. The van der Waals surface area contributed by atoms with Gasteiger partial charge in [-0.05, 0) is 146 Å². The third-order valence-corrected chi connectivity index (χ3v) is 13.5. The molecule has 0 aliphatic heterocycles. The Labute approximate surface area is 496 Å². The summed E-state index contributed by atoms with van der Waals surface area (Å²) < 4.78 is 0. The van der Waals surface area contributed by atoms with Gasteiger partial charge in [-0.3, -0.25) is 0 Å². The van der Waals surface area contributed by atoms with Crippen molar-refractivity contribution in [2.75, 3.05) is 10.2 Å². The average molecular weight is 1100 g/mol. The normalized spacial score (nSPS) is 10.6. The topological polar surface area (TPSA) is 15.3 Å². The lowest BCUT2D eigenvalue weighted by Crippen LogP contribution is -2.09. The second-order valence-corrected chi connectivity index (χ2v) is 19.0. The lowest BCUT2D eigenvalue weighted by Gasteiger charge is -2.26. The molecule has 2 nitrogen and oxygen atoms in total. The smallest absolute Gasteiger partial charge is 0.0464 e. The minimum absolute atomic E-state index is 1.05. The molecule has 0 heterocycles. The zero-order valence-electron chi connectivity index (χ0n) is 46.5. The predicted octanol–water partition coefficient (Wildman–Crippen LogP) is 23.3. The third kappa shape index (κ3) is 15.8. The first-order valence-corrected chi connectivity index (χ1v) is 29.0. The summed E-state index contributed by atoms with van der Waals surface area (Å²) in [5, 5.41) is 8.63.